The molecular weight excluding hydrogens is 230 g/mol. The second kappa shape index (κ2) is 8.06. The molecule has 0 aliphatic heterocycles. The zero-order valence-electron chi connectivity index (χ0n) is 11.4. The molecule has 0 atom stereocenters. The average Bonchev–Trinajstić information content (AvgIpc) is 3.20. The van der Waals surface area contributed by atoms with Crippen LogP contribution in [-0.2, 0) is 9.53 Å². The molecule has 102 valence electrons. The molecule has 0 saturated heterocycles. The molecule has 0 spiro atoms. The van der Waals surface area contributed by atoms with E-state index in [1.807, 2.05) is 0 Å². The highest BCUT2D eigenvalue weighted by atomic mass is 16.5. The summed E-state index contributed by atoms with van der Waals surface area (Å²) < 4.78 is 5.08. The average molecular weight is 253 g/mol. The summed E-state index contributed by atoms with van der Waals surface area (Å²) in [4.78, 5) is 15.8. The van der Waals surface area contributed by atoms with E-state index < -0.39 is 0 Å². The van der Waals surface area contributed by atoms with Gasteiger partial charge in [0.2, 0.25) is 5.91 Å². The zero-order valence-corrected chi connectivity index (χ0v) is 11.4. The second-order valence-corrected chi connectivity index (χ2v) is 4.73. The van der Waals surface area contributed by atoms with Crippen LogP contribution in [0.4, 0.5) is 0 Å². The highest BCUT2D eigenvalue weighted by molar-refractivity contribution is 5.76. The molecule has 0 unspecified atom stereocenters. The van der Waals surface area contributed by atoms with Gasteiger partial charge in [0.1, 0.15) is 0 Å². The van der Waals surface area contributed by atoms with Gasteiger partial charge in [-0.3, -0.25) is 9.69 Å². The van der Waals surface area contributed by atoms with Crippen LogP contribution in [0.5, 0.6) is 0 Å². The van der Waals surface area contributed by atoms with Crippen molar-refractivity contribution in [2.75, 3.05) is 40.4 Å². The number of nitriles is 1. The number of carbonyl (C=O) groups is 1. The third kappa shape index (κ3) is 5.48. The third-order valence-electron chi connectivity index (χ3n) is 3.24. The number of carbonyl (C=O) groups excluding carboxylic acids is 1. The van der Waals surface area contributed by atoms with Crippen molar-refractivity contribution in [1.82, 2.24) is 9.80 Å². The lowest BCUT2D eigenvalue weighted by molar-refractivity contribution is -0.130. The molecule has 5 heteroatoms. The van der Waals surface area contributed by atoms with E-state index in [9.17, 15) is 4.79 Å². The Bertz CT molecular complexity index is 297. The molecule has 0 aromatic carbocycles. The van der Waals surface area contributed by atoms with E-state index in [4.69, 9.17) is 10.00 Å². The van der Waals surface area contributed by atoms with E-state index in [1.54, 1.807) is 19.1 Å². The van der Waals surface area contributed by atoms with Crippen molar-refractivity contribution >= 4 is 5.91 Å². The lowest BCUT2D eigenvalue weighted by atomic mass is 10.3. The second-order valence-electron chi connectivity index (χ2n) is 4.73. The van der Waals surface area contributed by atoms with Gasteiger partial charge in [0.15, 0.2) is 0 Å². The van der Waals surface area contributed by atoms with E-state index in [0.29, 0.717) is 25.4 Å². The van der Waals surface area contributed by atoms with E-state index >= 15 is 0 Å². The summed E-state index contributed by atoms with van der Waals surface area (Å²) in [6.07, 6.45) is 3.41. The fraction of sp³-hybridized carbons (Fsp3) is 0.846. The van der Waals surface area contributed by atoms with E-state index in [2.05, 4.69) is 11.0 Å². The molecule has 0 aromatic heterocycles. The molecule has 1 rings (SSSR count). The van der Waals surface area contributed by atoms with Crippen LogP contribution in [-0.4, -0.2) is 62.1 Å². The highest BCUT2D eigenvalue weighted by Gasteiger charge is 2.28. The van der Waals surface area contributed by atoms with Gasteiger partial charge in [-0.15, -0.1) is 0 Å². The highest BCUT2D eigenvalue weighted by Crippen LogP contribution is 2.26. The van der Waals surface area contributed by atoms with Gasteiger partial charge < -0.3 is 9.64 Å². The Morgan fingerprint density at radius 3 is 2.67 bits per heavy atom. The van der Waals surface area contributed by atoms with Gasteiger partial charge in [-0.1, -0.05) is 0 Å². The molecule has 0 aromatic rings. The summed E-state index contributed by atoms with van der Waals surface area (Å²) in [5, 5.41) is 8.48. The van der Waals surface area contributed by atoms with E-state index in [0.717, 1.165) is 19.7 Å². The van der Waals surface area contributed by atoms with Crippen molar-refractivity contribution < 1.29 is 9.53 Å². The maximum absolute atomic E-state index is 11.8. The Kier molecular flexibility index (Phi) is 6.69. The minimum absolute atomic E-state index is 0.119. The van der Waals surface area contributed by atoms with Crippen molar-refractivity contribution in [1.29, 1.82) is 5.26 Å². The molecule has 18 heavy (non-hydrogen) atoms. The molecule has 1 amide bonds. The van der Waals surface area contributed by atoms with Gasteiger partial charge in [0.05, 0.1) is 19.1 Å². The quantitative estimate of drug-likeness (QED) is 0.611. The standard InChI is InChI=1S/C13H23N3O2/c1-15(8-3-7-14)13(17)6-9-16(10-11-18-2)12-4-5-12/h12H,3-6,8-11H2,1-2H3. The summed E-state index contributed by atoms with van der Waals surface area (Å²) in [5.74, 6) is 0.119. The Morgan fingerprint density at radius 1 is 1.39 bits per heavy atom. The van der Waals surface area contributed by atoms with Gasteiger partial charge in [-0.2, -0.15) is 5.26 Å². The molecule has 0 heterocycles. The fourth-order valence-corrected chi connectivity index (χ4v) is 1.90. The summed E-state index contributed by atoms with van der Waals surface area (Å²) in [7, 11) is 3.46. The van der Waals surface area contributed by atoms with Crippen LogP contribution in [0.1, 0.15) is 25.7 Å². The van der Waals surface area contributed by atoms with Crippen LogP contribution >= 0.6 is 0 Å². The Morgan fingerprint density at radius 2 is 2.11 bits per heavy atom. The monoisotopic (exact) mass is 253 g/mol. The molecule has 0 N–H and O–H groups in total. The van der Waals surface area contributed by atoms with Crippen molar-refractivity contribution in [2.45, 2.75) is 31.7 Å². The van der Waals surface area contributed by atoms with Crippen molar-refractivity contribution in [2.24, 2.45) is 0 Å². The number of ether oxygens (including phenoxy) is 1. The Balaban J connectivity index is 2.24. The number of hydrogen-bond donors (Lipinski definition) is 0. The van der Waals surface area contributed by atoms with Crippen molar-refractivity contribution in [3.8, 4) is 6.07 Å². The molecule has 1 aliphatic rings. The molecular formula is C13H23N3O2. The first-order valence-electron chi connectivity index (χ1n) is 6.53. The number of nitrogens with zero attached hydrogens (tertiary/aromatic N) is 3. The van der Waals surface area contributed by atoms with Crippen LogP contribution in [0, 0.1) is 11.3 Å². The number of rotatable bonds is 9. The van der Waals surface area contributed by atoms with Gasteiger partial charge in [0, 0.05) is 46.3 Å². The molecule has 0 radical (unpaired) electrons. The normalized spacial score (nSPS) is 14.6. The maximum Gasteiger partial charge on any atom is 0.223 e. The lowest BCUT2D eigenvalue weighted by Crippen LogP contribution is -2.35. The maximum atomic E-state index is 11.8. The summed E-state index contributed by atoms with van der Waals surface area (Å²) >= 11 is 0. The third-order valence-corrected chi connectivity index (χ3v) is 3.24. The molecule has 1 fully saturated rings. The first-order chi connectivity index (χ1) is 8.69. The minimum atomic E-state index is 0.119. The van der Waals surface area contributed by atoms with Crippen molar-refractivity contribution in [3.05, 3.63) is 0 Å². The van der Waals surface area contributed by atoms with Gasteiger partial charge >= 0.3 is 0 Å². The number of hydrogen-bond acceptors (Lipinski definition) is 4. The first-order valence-corrected chi connectivity index (χ1v) is 6.53. The predicted octanol–water partition coefficient (Wildman–Crippen LogP) is 0.859. The van der Waals surface area contributed by atoms with E-state index in [-0.39, 0.29) is 5.91 Å². The Hall–Kier alpha value is -1.12. The molecule has 0 bridgehead atoms. The minimum Gasteiger partial charge on any atom is -0.383 e. The van der Waals surface area contributed by atoms with Gasteiger partial charge in [-0.05, 0) is 12.8 Å². The first kappa shape index (κ1) is 14.9. The molecule has 1 saturated carbocycles. The smallest absolute Gasteiger partial charge is 0.223 e. The van der Waals surface area contributed by atoms with Crippen molar-refractivity contribution in [3.63, 3.8) is 0 Å². The van der Waals surface area contributed by atoms with Gasteiger partial charge in [0.25, 0.3) is 0 Å². The topological polar surface area (TPSA) is 56.6 Å². The SMILES string of the molecule is COCCN(CCC(=O)N(C)CCC#N)C1CC1. The zero-order chi connectivity index (χ0) is 13.4. The lowest BCUT2D eigenvalue weighted by Gasteiger charge is -2.23. The molecule has 1 aliphatic carbocycles. The number of amides is 1. The largest absolute Gasteiger partial charge is 0.383 e. The predicted molar refractivity (Wildman–Crippen MR) is 69.0 cm³/mol. The van der Waals surface area contributed by atoms with Crippen LogP contribution in [0.3, 0.4) is 0 Å². The Labute approximate surface area is 109 Å². The van der Waals surface area contributed by atoms with Crippen LogP contribution in [0.25, 0.3) is 0 Å². The van der Waals surface area contributed by atoms with Crippen LogP contribution in [0.2, 0.25) is 0 Å². The number of methoxy groups -OCH3 is 1. The van der Waals surface area contributed by atoms with E-state index in [1.165, 1.54) is 12.8 Å². The fourth-order valence-electron chi connectivity index (χ4n) is 1.90. The van der Waals surface area contributed by atoms with Crippen LogP contribution < -0.4 is 0 Å². The molecule has 5 nitrogen and oxygen atoms in total. The van der Waals surface area contributed by atoms with Gasteiger partial charge in [-0.25, -0.2) is 0 Å². The summed E-state index contributed by atoms with van der Waals surface area (Å²) in [6, 6.07) is 2.70. The van der Waals surface area contributed by atoms with Crippen LogP contribution in [0.15, 0.2) is 0 Å². The summed E-state index contributed by atoms with van der Waals surface area (Å²) in [6.45, 7) is 2.94. The summed E-state index contributed by atoms with van der Waals surface area (Å²) in [5.41, 5.74) is 0.